The third-order valence-electron chi connectivity index (χ3n) is 4.61. The van der Waals surface area contributed by atoms with Crippen molar-refractivity contribution in [1.82, 2.24) is 0 Å². The van der Waals surface area contributed by atoms with Crippen LogP contribution in [0.5, 0.6) is 0 Å². The van der Waals surface area contributed by atoms with Crippen LogP contribution >= 0.6 is 11.3 Å². The van der Waals surface area contributed by atoms with E-state index in [9.17, 15) is 14.0 Å². The van der Waals surface area contributed by atoms with E-state index in [4.69, 9.17) is 10.00 Å². The number of halogens is 1. The van der Waals surface area contributed by atoms with E-state index in [0.29, 0.717) is 29.0 Å². The fourth-order valence-corrected chi connectivity index (χ4v) is 4.09. The zero-order valence-corrected chi connectivity index (χ0v) is 14.8. The second kappa shape index (κ2) is 7.67. The largest absolute Gasteiger partial charge is 0.455 e. The SMILES string of the molecule is N#Cc1ccsc1NC(=O)COC(=O)C1(c2ccccc2F)CCCC1. The van der Waals surface area contributed by atoms with E-state index in [1.165, 1.54) is 17.4 Å². The van der Waals surface area contributed by atoms with Crippen molar-refractivity contribution in [2.24, 2.45) is 0 Å². The smallest absolute Gasteiger partial charge is 0.317 e. The van der Waals surface area contributed by atoms with Crippen LogP contribution in [-0.4, -0.2) is 18.5 Å². The molecule has 1 aliphatic rings. The summed E-state index contributed by atoms with van der Waals surface area (Å²) in [7, 11) is 0. The minimum atomic E-state index is -1.04. The van der Waals surface area contributed by atoms with Crippen molar-refractivity contribution >= 4 is 28.2 Å². The van der Waals surface area contributed by atoms with E-state index in [2.05, 4.69) is 5.32 Å². The van der Waals surface area contributed by atoms with Crippen LogP contribution in [0.15, 0.2) is 35.7 Å². The summed E-state index contributed by atoms with van der Waals surface area (Å²) in [5.41, 5.74) is -0.354. The Labute approximate surface area is 154 Å². The Balaban J connectivity index is 1.69. The predicted octanol–water partition coefficient (Wildman–Crippen LogP) is 3.75. The zero-order chi connectivity index (χ0) is 18.6. The normalized spacial score (nSPS) is 15.2. The fourth-order valence-electron chi connectivity index (χ4n) is 3.34. The number of carbonyl (C=O) groups is 2. The Morgan fingerprint density at radius 1 is 1.27 bits per heavy atom. The molecule has 0 atom stereocenters. The van der Waals surface area contributed by atoms with E-state index in [0.717, 1.165) is 12.8 Å². The molecule has 134 valence electrons. The highest BCUT2D eigenvalue weighted by atomic mass is 32.1. The number of hydrogen-bond donors (Lipinski definition) is 1. The van der Waals surface area contributed by atoms with Crippen LogP contribution in [0.25, 0.3) is 0 Å². The minimum Gasteiger partial charge on any atom is -0.455 e. The maximum Gasteiger partial charge on any atom is 0.317 e. The second-order valence-electron chi connectivity index (χ2n) is 6.17. The van der Waals surface area contributed by atoms with Gasteiger partial charge in [0.1, 0.15) is 16.9 Å². The van der Waals surface area contributed by atoms with E-state index in [1.807, 2.05) is 6.07 Å². The predicted molar refractivity (Wildman–Crippen MR) is 95.2 cm³/mol. The highest BCUT2D eigenvalue weighted by Gasteiger charge is 2.45. The van der Waals surface area contributed by atoms with Crippen LogP contribution in [-0.2, 0) is 19.7 Å². The first kappa shape index (κ1) is 18.1. The topological polar surface area (TPSA) is 79.2 Å². The Hall–Kier alpha value is -2.72. The number of nitriles is 1. The lowest BCUT2D eigenvalue weighted by atomic mass is 9.78. The lowest BCUT2D eigenvalue weighted by molar-refractivity contribution is -0.153. The van der Waals surface area contributed by atoms with Crippen LogP contribution in [0.1, 0.15) is 36.8 Å². The summed E-state index contributed by atoms with van der Waals surface area (Å²) in [5, 5.41) is 13.6. The molecule has 1 fully saturated rings. The summed E-state index contributed by atoms with van der Waals surface area (Å²) in [6.07, 6.45) is 2.60. The molecule has 0 saturated heterocycles. The van der Waals surface area contributed by atoms with Gasteiger partial charge in [0.05, 0.1) is 11.0 Å². The van der Waals surface area contributed by atoms with Crippen molar-refractivity contribution in [2.75, 3.05) is 11.9 Å². The number of esters is 1. The number of carbonyl (C=O) groups excluding carboxylic acids is 2. The number of amides is 1. The molecule has 1 aromatic carbocycles. The number of rotatable bonds is 5. The second-order valence-corrected chi connectivity index (χ2v) is 7.08. The average molecular weight is 372 g/mol. The summed E-state index contributed by atoms with van der Waals surface area (Å²) in [5.74, 6) is -1.55. The van der Waals surface area contributed by atoms with E-state index in [-0.39, 0.29) is 0 Å². The summed E-state index contributed by atoms with van der Waals surface area (Å²) >= 11 is 1.22. The maximum absolute atomic E-state index is 14.3. The summed E-state index contributed by atoms with van der Waals surface area (Å²) < 4.78 is 19.5. The molecule has 1 amide bonds. The number of nitrogens with zero attached hydrogens (tertiary/aromatic N) is 1. The van der Waals surface area contributed by atoms with Gasteiger partial charge in [0.25, 0.3) is 5.91 Å². The van der Waals surface area contributed by atoms with Gasteiger partial charge in [-0.2, -0.15) is 5.26 Å². The van der Waals surface area contributed by atoms with E-state index in [1.54, 1.807) is 29.6 Å². The van der Waals surface area contributed by atoms with Crippen molar-refractivity contribution in [1.29, 1.82) is 5.26 Å². The van der Waals surface area contributed by atoms with Gasteiger partial charge in [-0.1, -0.05) is 31.0 Å². The molecule has 1 heterocycles. The van der Waals surface area contributed by atoms with Crippen molar-refractivity contribution in [3.8, 4) is 6.07 Å². The van der Waals surface area contributed by atoms with Gasteiger partial charge < -0.3 is 10.1 Å². The van der Waals surface area contributed by atoms with Crippen LogP contribution < -0.4 is 5.32 Å². The zero-order valence-electron chi connectivity index (χ0n) is 14.0. The van der Waals surface area contributed by atoms with Gasteiger partial charge in [0.2, 0.25) is 0 Å². The average Bonchev–Trinajstić information content (AvgIpc) is 3.30. The molecule has 7 heteroatoms. The number of ether oxygens (including phenoxy) is 1. The molecule has 0 spiro atoms. The first-order valence-electron chi connectivity index (χ1n) is 8.26. The standard InChI is InChI=1S/C19H17FN2O3S/c20-15-6-2-1-5-14(15)19(8-3-4-9-19)18(24)25-12-16(23)22-17-13(11-21)7-10-26-17/h1-2,5-7,10H,3-4,8-9,12H2,(H,22,23). The lowest BCUT2D eigenvalue weighted by Crippen LogP contribution is -2.37. The van der Waals surface area contributed by atoms with Crippen molar-refractivity contribution in [3.05, 3.63) is 52.7 Å². The molecule has 1 aromatic heterocycles. The minimum absolute atomic E-state index is 0.327. The molecule has 0 radical (unpaired) electrons. The number of nitrogens with one attached hydrogen (secondary N) is 1. The molecule has 5 nitrogen and oxygen atoms in total. The van der Waals surface area contributed by atoms with Crippen LogP contribution in [0.4, 0.5) is 9.39 Å². The van der Waals surface area contributed by atoms with Gasteiger partial charge in [0, 0.05) is 5.56 Å². The Morgan fingerprint density at radius 2 is 2.00 bits per heavy atom. The van der Waals surface area contributed by atoms with Gasteiger partial charge in [-0.05, 0) is 30.4 Å². The van der Waals surface area contributed by atoms with E-state index >= 15 is 0 Å². The molecule has 0 aliphatic heterocycles. The van der Waals surface area contributed by atoms with Gasteiger partial charge in [-0.25, -0.2) is 4.39 Å². The number of thiophene rings is 1. The number of benzene rings is 1. The third kappa shape index (κ3) is 3.46. The first-order valence-corrected chi connectivity index (χ1v) is 9.14. The Morgan fingerprint density at radius 3 is 2.69 bits per heavy atom. The Bertz CT molecular complexity index is 866. The Kier molecular flexibility index (Phi) is 5.33. The molecule has 1 saturated carbocycles. The van der Waals surface area contributed by atoms with Crippen LogP contribution in [0.3, 0.4) is 0 Å². The molecule has 1 aliphatic carbocycles. The van der Waals surface area contributed by atoms with Gasteiger partial charge in [-0.15, -0.1) is 11.3 Å². The van der Waals surface area contributed by atoms with Crippen molar-refractivity contribution < 1.29 is 18.7 Å². The molecule has 0 unspecified atom stereocenters. The monoisotopic (exact) mass is 372 g/mol. The van der Waals surface area contributed by atoms with Gasteiger partial charge in [-0.3, -0.25) is 9.59 Å². The van der Waals surface area contributed by atoms with Crippen LogP contribution in [0.2, 0.25) is 0 Å². The number of hydrogen-bond acceptors (Lipinski definition) is 5. The van der Waals surface area contributed by atoms with Crippen LogP contribution in [0, 0.1) is 17.1 Å². The van der Waals surface area contributed by atoms with Gasteiger partial charge >= 0.3 is 5.97 Å². The quantitative estimate of drug-likeness (QED) is 0.811. The first-order chi connectivity index (χ1) is 12.6. The summed E-state index contributed by atoms with van der Waals surface area (Å²) in [6.45, 7) is -0.474. The van der Waals surface area contributed by atoms with Gasteiger partial charge in [0.15, 0.2) is 6.61 Å². The highest BCUT2D eigenvalue weighted by Crippen LogP contribution is 2.43. The molecular formula is C19H17FN2O3S. The molecule has 26 heavy (non-hydrogen) atoms. The lowest BCUT2D eigenvalue weighted by Gasteiger charge is -2.27. The third-order valence-corrected chi connectivity index (χ3v) is 5.44. The highest BCUT2D eigenvalue weighted by molar-refractivity contribution is 7.14. The van der Waals surface area contributed by atoms with Crippen molar-refractivity contribution in [2.45, 2.75) is 31.1 Å². The fraction of sp³-hybridized carbons (Fsp3) is 0.316. The molecule has 1 N–H and O–H groups in total. The van der Waals surface area contributed by atoms with E-state index < -0.39 is 29.7 Å². The molecule has 2 aromatic rings. The molecular weight excluding hydrogens is 355 g/mol. The van der Waals surface area contributed by atoms with Crippen molar-refractivity contribution in [3.63, 3.8) is 0 Å². The summed E-state index contributed by atoms with van der Waals surface area (Å²) in [4.78, 5) is 24.8. The maximum atomic E-state index is 14.3. The number of anilines is 1. The molecule has 3 rings (SSSR count). The molecule has 0 bridgehead atoms. The summed E-state index contributed by atoms with van der Waals surface area (Å²) in [6, 6.07) is 9.77.